The van der Waals surface area contributed by atoms with E-state index in [1.165, 1.54) is 0 Å². The Morgan fingerprint density at radius 2 is 2.14 bits per heavy atom. The molecule has 0 bridgehead atoms. The van der Waals surface area contributed by atoms with E-state index in [0.29, 0.717) is 12.8 Å². The zero-order chi connectivity index (χ0) is 15.1. The number of aromatic nitrogens is 4. The van der Waals surface area contributed by atoms with E-state index in [1.54, 1.807) is 16.4 Å². The van der Waals surface area contributed by atoms with Crippen LogP contribution in [0.3, 0.4) is 0 Å². The summed E-state index contributed by atoms with van der Waals surface area (Å²) in [7, 11) is 0. The van der Waals surface area contributed by atoms with Crippen LogP contribution >= 0.6 is 11.8 Å². The summed E-state index contributed by atoms with van der Waals surface area (Å²) in [5, 5.41) is 21.6. The number of hydrogen-bond acceptors (Lipinski definition) is 6. The minimum absolute atomic E-state index is 0.663. The Kier molecular flexibility index (Phi) is 5.31. The van der Waals surface area contributed by atoms with Gasteiger partial charge in [-0.05, 0) is 41.8 Å². The molecule has 0 radical (unpaired) electrons. The maximum atomic E-state index is 9.04. The molecule has 0 aliphatic heterocycles. The van der Waals surface area contributed by atoms with Crippen LogP contribution < -0.4 is 5.73 Å². The average Bonchev–Trinajstić information content (AvgIpc) is 3.00. The second-order valence-electron chi connectivity index (χ2n) is 4.78. The molecule has 2 rings (SSSR count). The van der Waals surface area contributed by atoms with Crippen LogP contribution in [-0.2, 0) is 0 Å². The number of benzene rings is 1. The van der Waals surface area contributed by atoms with Crippen molar-refractivity contribution in [3.63, 3.8) is 0 Å². The highest BCUT2D eigenvalue weighted by molar-refractivity contribution is 7.99. The van der Waals surface area contributed by atoms with Crippen LogP contribution in [0.4, 0.5) is 0 Å². The lowest BCUT2D eigenvalue weighted by molar-refractivity contribution is 0.478. The maximum absolute atomic E-state index is 9.04. The van der Waals surface area contributed by atoms with Crippen molar-refractivity contribution < 1.29 is 0 Å². The molecular weight excluding hydrogens is 284 g/mol. The highest BCUT2D eigenvalue weighted by atomic mass is 32.2. The molecule has 0 aliphatic rings. The van der Waals surface area contributed by atoms with Gasteiger partial charge in [-0.25, -0.2) is 0 Å². The van der Waals surface area contributed by atoms with Gasteiger partial charge in [-0.3, -0.25) is 0 Å². The van der Waals surface area contributed by atoms with Gasteiger partial charge in [-0.2, -0.15) is 9.94 Å². The Labute approximate surface area is 128 Å². The molecule has 7 heteroatoms. The first-order chi connectivity index (χ1) is 10.2. The van der Waals surface area contributed by atoms with Crippen molar-refractivity contribution >= 4 is 11.8 Å². The highest BCUT2D eigenvalue weighted by Gasteiger charge is 2.21. The van der Waals surface area contributed by atoms with Crippen LogP contribution in [0.15, 0.2) is 35.5 Å². The van der Waals surface area contributed by atoms with Crippen molar-refractivity contribution in [2.75, 3.05) is 5.75 Å². The second kappa shape index (κ2) is 7.20. The lowest BCUT2D eigenvalue weighted by Crippen LogP contribution is -2.37. The van der Waals surface area contributed by atoms with E-state index >= 15 is 0 Å². The van der Waals surface area contributed by atoms with Gasteiger partial charge in [0, 0.05) is 5.75 Å². The zero-order valence-electron chi connectivity index (χ0n) is 11.9. The maximum Gasteiger partial charge on any atom is 0.214 e. The first-order valence-electron chi connectivity index (χ1n) is 6.85. The van der Waals surface area contributed by atoms with Gasteiger partial charge in [0.15, 0.2) is 0 Å². The summed E-state index contributed by atoms with van der Waals surface area (Å²) >= 11 is 1.57. The van der Waals surface area contributed by atoms with Gasteiger partial charge >= 0.3 is 0 Å². The fourth-order valence-electron chi connectivity index (χ4n) is 1.86. The molecule has 0 saturated carbocycles. The summed E-state index contributed by atoms with van der Waals surface area (Å²) in [5.74, 6) is 0.827. The molecule has 1 aromatic heterocycles. The fraction of sp³-hybridized carbons (Fsp3) is 0.429. The molecule has 0 spiro atoms. The third-order valence-corrected chi connectivity index (χ3v) is 4.30. The SMILES string of the molecule is CCC(N)(C#N)CCCSc1nnnn1-c1ccccc1. The van der Waals surface area contributed by atoms with E-state index < -0.39 is 5.54 Å². The zero-order valence-corrected chi connectivity index (χ0v) is 12.8. The number of thioether (sulfide) groups is 1. The minimum Gasteiger partial charge on any atom is -0.313 e. The summed E-state index contributed by atoms with van der Waals surface area (Å²) < 4.78 is 1.71. The predicted octanol–water partition coefficient (Wildman–Crippen LogP) is 2.17. The molecule has 6 nitrogen and oxygen atoms in total. The van der Waals surface area contributed by atoms with Gasteiger partial charge < -0.3 is 5.73 Å². The lowest BCUT2D eigenvalue weighted by Gasteiger charge is -2.18. The van der Waals surface area contributed by atoms with Crippen molar-refractivity contribution in [3.05, 3.63) is 30.3 Å². The normalized spacial score (nSPS) is 13.6. The topological polar surface area (TPSA) is 93.4 Å². The van der Waals surface area contributed by atoms with Crippen molar-refractivity contribution in [2.24, 2.45) is 5.73 Å². The van der Waals surface area contributed by atoms with E-state index in [-0.39, 0.29) is 0 Å². The quantitative estimate of drug-likeness (QED) is 0.622. The third kappa shape index (κ3) is 4.03. The van der Waals surface area contributed by atoms with Gasteiger partial charge in [0.1, 0.15) is 5.54 Å². The number of hydrogen-bond donors (Lipinski definition) is 1. The van der Waals surface area contributed by atoms with E-state index in [4.69, 9.17) is 11.0 Å². The molecule has 0 saturated heterocycles. The summed E-state index contributed by atoms with van der Waals surface area (Å²) in [6, 6.07) is 11.9. The van der Waals surface area contributed by atoms with Crippen LogP contribution in [-0.4, -0.2) is 31.5 Å². The van der Waals surface area contributed by atoms with Crippen molar-refractivity contribution in [2.45, 2.75) is 36.9 Å². The van der Waals surface area contributed by atoms with E-state index in [1.807, 2.05) is 37.3 Å². The molecule has 1 heterocycles. The summed E-state index contributed by atoms with van der Waals surface area (Å²) in [4.78, 5) is 0. The highest BCUT2D eigenvalue weighted by Crippen LogP contribution is 2.21. The molecule has 21 heavy (non-hydrogen) atoms. The van der Waals surface area contributed by atoms with E-state index in [0.717, 1.165) is 23.0 Å². The second-order valence-corrected chi connectivity index (χ2v) is 5.84. The first-order valence-corrected chi connectivity index (χ1v) is 7.84. The largest absolute Gasteiger partial charge is 0.313 e. The van der Waals surface area contributed by atoms with Gasteiger partial charge in [0.25, 0.3) is 0 Å². The minimum atomic E-state index is -0.716. The average molecular weight is 302 g/mol. The summed E-state index contributed by atoms with van der Waals surface area (Å²) in [6.45, 7) is 1.94. The number of para-hydroxylation sites is 1. The summed E-state index contributed by atoms with van der Waals surface area (Å²) in [6.07, 6.45) is 2.19. The molecule has 0 amide bonds. The number of nitrogens with two attached hydrogens (primary N) is 1. The van der Waals surface area contributed by atoms with Crippen LogP contribution in [0.25, 0.3) is 5.69 Å². The molecule has 1 atom stereocenters. The molecule has 0 fully saturated rings. The van der Waals surface area contributed by atoms with Gasteiger partial charge in [0.05, 0.1) is 11.8 Å². The van der Waals surface area contributed by atoms with E-state index in [2.05, 4.69) is 21.6 Å². The Hall–Kier alpha value is -1.91. The number of nitrogens with zero attached hydrogens (tertiary/aromatic N) is 5. The van der Waals surface area contributed by atoms with Crippen molar-refractivity contribution in [1.29, 1.82) is 5.26 Å². The molecular formula is C14H18N6S. The summed E-state index contributed by atoms with van der Waals surface area (Å²) in [5.41, 5.74) is 6.18. The van der Waals surface area contributed by atoms with Crippen LogP contribution in [0.1, 0.15) is 26.2 Å². The molecule has 0 aliphatic carbocycles. The van der Waals surface area contributed by atoms with Crippen LogP contribution in [0, 0.1) is 11.3 Å². The number of rotatable bonds is 7. The Morgan fingerprint density at radius 3 is 2.81 bits per heavy atom. The Bertz CT molecular complexity index is 605. The number of tetrazole rings is 1. The van der Waals surface area contributed by atoms with E-state index in [9.17, 15) is 0 Å². The Morgan fingerprint density at radius 1 is 1.38 bits per heavy atom. The predicted molar refractivity (Wildman–Crippen MR) is 81.9 cm³/mol. The van der Waals surface area contributed by atoms with Crippen LogP contribution in [0.2, 0.25) is 0 Å². The smallest absolute Gasteiger partial charge is 0.214 e. The monoisotopic (exact) mass is 302 g/mol. The first kappa shape index (κ1) is 15.5. The molecule has 2 N–H and O–H groups in total. The number of nitriles is 1. The fourth-order valence-corrected chi connectivity index (χ4v) is 2.69. The molecule has 1 unspecified atom stereocenters. The lowest BCUT2D eigenvalue weighted by atomic mass is 9.94. The van der Waals surface area contributed by atoms with Crippen LogP contribution in [0.5, 0.6) is 0 Å². The Balaban J connectivity index is 1.91. The van der Waals surface area contributed by atoms with Gasteiger partial charge in [-0.15, -0.1) is 5.10 Å². The van der Waals surface area contributed by atoms with Crippen molar-refractivity contribution in [3.8, 4) is 11.8 Å². The standard InChI is InChI=1S/C14H18N6S/c1-2-14(16,11-15)9-6-10-21-13-17-18-19-20(13)12-7-4-3-5-8-12/h3-5,7-8H,2,6,9-10,16H2,1H3. The van der Waals surface area contributed by atoms with Gasteiger partial charge in [0.2, 0.25) is 5.16 Å². The van der Waals surface area contributed by atoms with Crippen molar-refractivity contribution in [1.82, 2.24) is 20.2 Å². The molecule has 1 aromatic carbocycles. The third-order valence-electron chi connectivity index (χ3n) is 3.29. The molecule has 110 valence electrons. The molecule has 2 aromatic rings. The van der Waals surface area contributed by atoms with Gasteiger partial charge in [-0.1, -0.05) is 36.9 Å².